The van der Waals surface area contributed by atoms with Crippen molar-refractivity contribution in [3.63, 3.8) is 0 Å². The lowest BCUT2D eigenvalue weighted by atomic mass is 9.81. The number of nitrogens with one attached hydrogen (secondary N) is 1. The van der Waals surface area contributed by atoms with Crippen LogP contribution in [0.15, 0.2) is 25.8 Å². The van der Waals surface area contributed by atoms with Crippen LogP contribution in [-0.2, 0) is 12.8 Å². The van der Waals surface area contributed by atoms with Gasteiger partial charge in [-0.2, -0.15) is 0 Å². The van der Waals surface area contributed by atoms with E-state index in [1.54, 1.807) is 0 Å². The quantitative estimate of drug-likeness (QED) is 0.609. The van der Waals surface area contributed by atoms with Crippen molar-refractivity contribution < 1.29 is 0 Å². The van der Waals surface area contributed by atoms with Crippen molar-refractivity contribution in [1.82, 2.24) is 4.98 Å². The van der Waals surface area contributed by atoms with E-state index >= 15 is 0 Å². The summed E-state index contributed by atoms with van der Waals surface area (Å²) in [6.07, 6.45) is 4.32. The predicted molar refractivity (Wildman–Crippen MR) is 90.6 cm³/mol. The van der Waals surface area contributed by atoms with Crippen molar-refractivity contribution in [3.8, 4) is 0 Å². The largest absolute Gasteiger partial charge is 0.359 e. The van der Waals surface area contributed by atoms with Gasteiger partial charge in [-0.05, 0) is 42.4 Å². The molecule has 0 fully saturated rings. The Morgan fingerprint density at radius 2 is 1.53 bits per heavy atom. The van der Waals surface area contributed by atoms with E-state index in [4.69, 9.17) is 0 Å². The molecule has 0 aromatic carbocycles. The van der Waals surface area contributed by atoms with Crippen molar-refractivity contribution in [3.05, 3.63) is 42.8 Å². The smallest absolute Gasteiger partial charge is 0.0379 e. The van der Waals surface area contributed by atoms with Crippen LogP contribution in [0, 0.1) is 11.8 Å². The molecule has 1 heterocycles. The lowest BCUT2D eigenvalue weighted by molar-refractivity contribution is 0.358. The highest BCUT2D eigenvalue weighted by Crippen LogP contribution is 2.30. The highest BCUT2D eigenvalue weighted by atomic mass is 14.7. The number of rotatable bonds is 1. The Kier molecular flexibility index (Phi) is 12.5. The van der Waals surface area contributed by atoms with Crippen LogP contribution in [0.25, 0.3) is 6.08 Å². The van der Waals surface area contributed by atoms with Crippen LogP contribution in [-0.4, -0.2) is 4.98 Å². The van der Waals surface area contributed by atoms with Gasteiger partial charge in [-0.15, -0.1) is 13.2 Å². The van der Waals surface area contributed by atoms with Gasteiger partial charge in [-0.25, -0.2) is 0 Å². The van der Waals surface area contributed by atoms with Gasteiger partial charge in [0.25, 0.3) is 0 Å². The number of aromatic nitrogens is 1. The monoisotopic (exact) mass is 263 g/mol. The molecule has 0 saturated heterocycles. The first-order valence-electron chi connectivity index (χ1n) is 7.54. The minimum atomic E-state index is 0.809. The van der Waals surface area contributed by atoms with Crippen LogP contribution in [0.5, 0.6) is 0 Å². The number of hydrogen-bond acceptors (Lipinski definition) is 0. The second-order valence-electron chi connectivity index (χ2n) is 4.30. The van der Waals surface area contributed by atoms with Gasteiger partial charge in [0.15, 0.2) is 0 Å². The van der Waals surface area contributed by atoms with Gasteiger partial charge in [0.05, 0.1) is 0 Å². The van der Waals surface area contributed by atoms with Gasteiger partial charge in [0.2, 0.25) is 0 Å². The van der Waals surface area contributed by atoms with Crippen molar-refractivity contribution in [1.29, 1.82) is 0 Å². The highest BCUT2D eigenvalue weighted by Gasteiger charge is 2.22. The van der Waals surface area contributed by atoms with Crippen LogP contribution in [0.1, 0.15) is 58.5 Å². The fourth-order valence-corrected chi connectivity index (χ4v) is 2.11. The standard InChI is InChI=1S/C12H17N.2C2H6.C2H4/c1-4-11-7-10-5-8(2)9(3)6-12(10)13-11;3*1-2/h4,7-9,13H,1,5-6H2,2-3H3;2*1-2H3;1-2H2. The van der Waals surface area contributed by atoms with Crippen molar-refractivity contribution >= 4 is 6.08 Å². The van der Waals surface area contributed by atoms with Gasteiger partial charge in [-0.1, -0.05) is 48.1 Å². The van der Waals surface area contributed by atoms with E-state index in [0.717, 1.165) is 11.8 Å². The van der Waals surface area contributed by atoms with Gasteiger partial charge in [0.1, 0.15) is 0 Å². The normalized spacial score (nSPS) is 19.3. The van der Waals surface area contributed by atoms with Crippen molar-refractivity contribution in [2.75, 3.05) is 0 Å². The van der Waals surface area contributed by atoms with Crippen LogP contribution < -0.4 is 0 Å². The number of aromatic amines is 1. The van der Waals surface area contributed by atoms with E-state index in [1.807, 2.05) is 33.8 Å². The predicted octanol–water partition coefficient (Wildman–Crippen LogP) is 5.88. The lowest BCUT2D eigenvalue weighted by Gasteiger charge is -2.25. The fraction of sp³-hybridized carbons (Fsp3) is 0.556. The summed E-state index contributed by atoms with van der Waals surface area (Å²) >= 11 is 0. The Morgan fingerprint density at radius 1 is 1.05 bits per heavy atom. The molecule has 1 N–H and O–H groups in total. The summed E-state index contributed by atoms with van der Waals surface area (Å²) in [4.78, 5) is 3.42. The molecule has 1 aromatic rings. The second-order valence-corrected chi connectivity index (χ2v) is 4.30. The average molecular weight is 263 g/mol. The van der Waals surface area contributed by atoms with Crippen LogP contribution in [0.4, 0.5) is 0 Å². The third-order valence-electron chi connectivity index (χ3n) is 3.27. The van der Waals surface area contributed by atoms with Crippen LogP contribution in [0.2, 0.25) is 0 Å². The summed E-state index contributed by atoms with van der Waals surface area (Å²) in [5.74, 6) is 1.63. The fourth-order valence-electron chi connectivity index (χ4n) is 2.11. The molecule has 1 heteroatoms. The Bertz CT molecular complexity index is 308. The Morgan fingerprint density at radius 3 is 2.00 bits per heavy atom. The second kappa shape index (κ2) is 11.8. The minimum Gasteiger partial charge on any atom is -0.359 e. The maximum Gasteiger partial charge on any atom is 0.0379 e. The Balaban J connectivity index is 0. The van der Waals surface area contributed by atoms with Gasteiger partial charge < -0.3 is 4.98 Å². The highest BCUT2D eigenvalue weighted by molar-refractivity contribution is 5.46. The minimum absolute atomic E-state index is 0.809. The van der Waals surface area contributed by atoms with Crippen LogP contribution in [0.3, 0.4) is 0 Å². The van der Waals surface area contributed by atoms with E-state index < -0.39 is 0 Å². The van der Waals surface area contributed by atoms with E-state index in [0.29, 0.717) is 0 Å². The summed E-state index contributed by atoms with van der Waals surface area (Å²) in [6.45, 7) is 22.5. The van der Waals surface area contributed by atoms with Gasteiger partial charge >= 0.3 is 0 Å². The van der Waals surface area contributed by atoms with E-state index in [2.05, 4.69) is 44.6 Å². The van der Waals surface area contributed by atoms with Gasteiger partial charge in [-0.3, -0.25) is 0 Å². The zero-order chi connectivity index (χ0) is 15.4. The number of hydrogen-bond donors (Lipinski definition) is 1. The summed E-state index contributed by atoms with van der Waals surface area (Å²) in [5, 5.41) is 0. The molecule has 0 bridgehead atoms. The summed E-state index contributed by atoms with van der Waals surface area (Å²) < 4.78 is 0. The lowest BCUT2D eigenvalue weighted by Crippen LogP contribution is -2.19. The molecular weight excluding hydrogens is 230 g/mol. The van der Waals surface area contributed by atoms with E-state index in [1.165, 1.54) is 29.8 Å². The average Bonchev–Trinajstić information content (AvgIpc) is 2.88. The summed E-state index contributed by atoms with van der Waals surface area (Å²) in [7, 11) is 0. The topological polar surface area (TPSA) is 15.8 Å². The summed E-state index contributed by atoms with van der Waals surface area (Å²) in [6, 6.07) is 2.24. The molecule has 0 spiro atoms. The number of fused-ring (bicyclic) bond motifs is 1. The zero-order valence-corrected chi connectivity index (χ0v) is 13.8. The molecule has 1 aromatic heterocycles. The molecule has 1 aliphatic rings. The van der Waals surface area contributed by atoms with Crippen molar-refractivity contribution in [2.45, 2.75) is 54.4 Å². The molecule has 1 nitrogen and oxygen atoms in total. The molecule has 19 heavy (non-hydrogen) atoms. The third kappa shape index (κ3) is 5.96. The maximum absolute atomic E-state index is 3.78. The SMILES string of the molecule is C=C.C=Cc1cc2c([nH]1)CC(C)C(C)C2.CC.CC. The van der Waals surface area contributed by atoms with Gasteiger partial charge in [0, 0.05) is 11.4 Å². The first-order chi connectivity index (χ1) is 9.20. The van der Waals surface area contributed by atoms with Crippen LogP contribution >= 0.6 is 0 Å². The maximum atomic E-state index is 3.78. The summed E-state index contributed by atoms with van der Waals surface area (Å²) in [5.41, 5.74) is 4.10. The Hall–Kier alpha value is -1.24. The molecule has 0 radical (unpaired) electrons. The molecule has 0 amide bonds. The third-order valence-corrected chi connectivity index (χ3v) is 3.27. The first kappa shape index (κ1) is 20.1. The molecule has 0 saturated carbocycles. The molecule has 2 atom stereocenters. The molecular formula is C18H33N. The molecule has 110 valence electrons. The Labute approximate surface area is 120 Å². The number of H-pyrrole nitrogens is 1. The van der Waals surface area contributed by atoms with Crippen molar-refractivity contribution in [2.24, 2.45) is 11.8 Å². The molecule has 0 aliphatic heterocycles. The molecule has 1 aliphatic carbocycles. The molecule has 2 unspecified atom stereocenters. The zero-order valence-electron chi connectivity index (χ0n) is 13.8. The van der Waals surface area contributed by atoms with E-state index in [9.17, 15) is 0 Å². The first-order valence-corrected chi connectivity index (χ1v) is 7.54. The molecule has 2 rings (SSSR count). The van der Waals surface area contributed by atoms with E-state index in [-0.39, 0.29) is 0 Å².